The lowest BCUT2D eigenvalue weighted by Crippen LogP contribution is -2.86. The molecule has 0 spiro atoms. The molecule has 0 aliphatic heterocycles. The van der Waals surface area contributed by atoms with Crippen molar-refractivity contribution in [3.8, 4) is 0 Å². The van der Waals surface area contributed by atoms with Crippen LogP contribution >= 0.6 is 0 Å². The van der Waals surface area contributed by atoms with E-state index in [1.807, 2.05) is 31.1 Å². The third-order valence-corrected chi connectivity index (χ3v) is 3.24. The number of fused-ring (bicyclic) bond motifs is 1. The van der Waals surface area contributed by atoms with Crippen molar-refractivity contribution in [2.75, 3.05) is 20.6 Å². The highest BCUT2D eigenvalue weighted by molar-refractivity contribution is 6.52. The van der Waals surface area contributed by atoms with Crippen LogP contribution in [-0.4, -0.2) is 43.1 Å². The summed E-state index contributed by atoms with van der Waals surface area (Å²) in [4.78, 5) is 26.5. The minimum Gasteiger partial charge on any atom is -0.311 e. The predicted molar refractivity (Wildman–Crippen MR) is 78.3 cm³/mol. The molecule has 0 fully saturated rings. The molecular formula is C16H21N2O2+. The number of ketones is 2. The standard InChI is InChI=1S/C16H20N2O2/c1-10(2)17-14-11-7-5-6-8-12(11)15(19)16(20)13(14)9-18(3)4/h5-8,10,17H,9H2,1-4H3/p+1. The van der Waals surface area contributed by atoms with E-state index in [0.717, 1.165) is 11.3 Å². The van der Waals surface area contributed by atoms with Gasteiger partial charge < -0.3 is 10.2 Å². The first kappa shape index (κ1) is 14.6. The molecule has 2 rings (SSSR count). The van der Waals surface area contributed by atoms with E-state index in [4.69, 9.17) is 0 Å². The second-order valence-electron chi connectivity index (χ2n) is 5.74. The lowest BCUT2D eigenvalue weighted by Gasteiger charge is -2.22. The van der Waals surface area contributed by atoms with Crippen LogP contribution in [0, 0.1) is 0 Å². The molecule has 2 N–H and O–H groups in total. The fourth-order valence-electron chi connectivity index (χ4n) is 2.46. The third-order valence-electron chi connectivity index (χ3n) is 3.24. The van der Waals surface area contributed by atoms with Gasteiger partial charge >= 0.3 is 0 Å². The van der Waals surface area contributed by atoms with Crippen molar-refractivity contribution in [1.29, 1.82) is 0 Å². The number of rotatable bonds is 4. The summed E-state index contributed by atoms with van der Waals surface area (Å²) in [5, 5.41) is 2.07. The number of likely N-dealkylation sites (N-methyl/N-ethyl adjacent to an activating group) is 1. The largest absolute Gasteiger partial charge is 0.311 e. The van der Waals surface area contributed by atoms with E-state index in [-0.39, 0.29) is 5.78 Å². The summed E-state index contributed by atoms with van der Waals surface area (Å²) in [5.41, 5.74) is 2.91. The van der Waals surface area contributed by atoms with Crippen LogP contribution in [0.25, 0.3) is 5.70 Å². The molecule has 4 heteroatoms. The number of Topliss-reactive ketones (excluding diaryl/α,β-unsaturated/α-hetero) is 2. The average molecular weight is 273 g/mol. The molecule has 4 nitrogen and oxygen atoms in total. The zero-order chi connectivity index (χ0) is 14.9. The maximum absolute atomic E-state index is 12.4. The highest BCUT2D eigenvalue weighted by atomic mass is 16.2. The highest BCUT2D eigenvalue weighted by Gasteiger charge is 2.35. The van der Waals surface area contributed by atoms with Gasteiger partial charge in [0, 0.05) is 17.7 Å². The number of hydrogen-bond donors (Lipinski definition) is 1. The minimum atomic E-state index is -0.390. The molecule has 0 bridgehead atoms. The van der Waals surface area contributed by atoms with Gasteiger partial charge in [0.25, 0.3) is 0 Å². The zero-order valence-corrected chi connectivity index (χ0v) is 12.4. The van der Waals surface area contributed by atoms with Gasteiger partial charge in [0.15, 0.2) is 0 Å². The second-order valence-corrected chi connectivity index (χ2v) is 5.74. The number of nitrogens with two attached hydrogens (primary N) is 1. The Bertz CT molecular complexity index is 586. The molecule has 1 aliphatic carbocycles. The summed E-state index contributed by atoms with van der Waals surface area (Å²) in [5.74, 6) is -0.761. The lowest BCUT2D eigenvalue weighted by molar-refractivity contribution is -0.595. The van der Waals surface area contributed by atoms with Crippen LogP contribution in [0.1, 0.15) is 29.8 Å². The summed E-state index contributed by atoms with van der Waals surface area (Å²) >= 11 is 0. The predicted octanol–water partition coefficient (Wildman–Crippen LogP) is 0.697. The summed E-state index contributed by atoms with van der Waals surface area (Å²) in [6.45, 7) is 4.63. The first-order valence-corrected chi connectivity index (χ1v) is 6.83. The molecule has 1 aromatic carbocycles. The molecule has 0 heterocycles. The topological polar surface area (TPSA) is 54.0 Å². The van der Waals surface area contributed by atoms with E-state index < -0.39 is 5.78 Å². The third kappa shape index (κ3) is 2.71. The van der Waals surface area contributed by atoms with Crippen molar-refractivity contribution >= 4 is 17.3 Å². The Labute approximate surface area is 119 Å². The van der Waals surface area contributed by atoms with Crippen LogP contribution < -0.4 is 5.32 Å². The van der Waals surface area contributed by atoms with Gasteiger partial charge in [0.05, 0.1) is 11.6 Å². The van der Waals surface area contributed by atoms with E-state index in [1.165, 1.54) is 0 Å². The van der Waals surface area contributed by atoms with Crippen LogP contribution in [0.5, 0.6) is 0 Å². The normalized spacial score (nSPS) is 15.3. The molecule has 0 unspecified atom stereocenters. The van der Waals surface area contributed by atoms with Gasteiger partial charge in [-0.15, -0.1) is 0 Å². The van der Waals surface area contributed by atoms with Crippen LogP contribution in [0.3, 0.4) is 0 Å². The Hall–Kier alpha value is -1.78. The average Bonchev–Trinajstić information content (AvgIpc) is 2.39. The van der Waals surface area contributed by atoms with Gasteiger partial charge in [-0.25, -0.2) is 0 Å². The Morgan fingerprint density at radius 1 is 1.05 bits per heavy atom. The monoisotopic (exact) mass is 273 g/mol. The summed E-state index contributed by atoms with van der Waals surface area (Å²) in [6.07, 6.45) is 0. The Morgan fingerprint density at radius 2 is 1.65 bits per heavy atom. The van der Waals surface area contributed by atoms with Gasteiger partial charge in [-0.2, -0.15) is 0 Å². The quantitative estimate of drug-likeness (QED) is 0.822. The summed E-state index contributed by atoms with van der Waals surface area (Å²) in [7, 11) is 3.80. The van der Waals surface area contributed by atoms with Crippen molar-refractivity contribution in [1.82, 2.24) is 4.90 Å². The zero-order valence-electron chi connectivity index (χ0n) is 12.4. The SMILES string of the molecule is CC(C)[NH2+]C1=C(CN(C)C)C(=O)C(=O)c2ccccc21. The van der Waals surface area contributed by atoms with Crippen molar-refractivity contribution in [3.63, 3.8) is 0 Å². The maximum Gasteiger partial charge on any atom is 0.236 e. The lowest BCUT2D eigenvalue weighted by atomic mass is 9.86. The summed E-state index contributed by atoms with van der Waals surface area (Å²) < 4.78 is 0. The van der Waals surface area contributed by atoms with E-state index in [9.17, 15) is 9.59 Å². The number of benzene rings is 1. The molecule has 0 saturated carbocycles. The van der Waals surface area contributed by atoms with Gasteiger partial charge in [-0.1, -0.05) is 18.2 Å². The van der Waals surface area contributed by atoms with E-state index in [2.05, 4.69) is 19.2 Å². The molecule has 1 aliphatic rings. The van der Waals surface area contributed by atoms with Crippen LogP contribution in [0.15, 0.2) is 29.8 Å². The number of nitrogens with zero attached hydrogens (tertiary/aromatic N) is 1. The van der Waals surface area contributed by atoms with Crippen LogP contribution in [0.4, 0.5) is 0 Å². The highest BCUT2D eigenvalue weighted by Crippen LogP contribution is 2.25. The Morgan fingerprint density at radius 3 is 2.20 bits per heavy atom. The number of carbonyl (C=O) groups excluding carboxylic acids is 2. The summed E-state index contributed by atoms with van der Waals surface area (Å²) in [6, 6.07) is 7.67. The van der Waals surface area contributed by atoms with Gasteiger partial charge in [0.2, 0.25) is 11.6 Å². The molecule has 0 amide bonds. The van der Waals surface area contributed by atoms with Gasteiger partial charge in [-0.05, 0) is 34.0 Å². The van der Waals surface area contributed by atoms with E-state index >= 15 is 0 Å². The smallest absolute Gasteiger partial charge is 0.236 e. The molecule has 0 radical (unpaired) electrons. The van der Waals surface area contributed by atoms with E-state index in [1.54, 1.807) is 12.1 Å². The van der Waals surface area contributed by atoms with Gasteiger partial charge in [-0.3, -0.25) is 9.59 Å². The molecule has 106 valence electrons. The number of quaternary nitrogens is 1. The Balaban J connectivity index is 2.62. The molecule has 20 heavy (non-hydrogen) atoms. The van der Waals surface area contributed by atoms with Crippen molar-refractivity contribution in [2.45, 2.75) is 19.9 Å². The molecule has 0 aromatic heterocycles. The first-order valence-electron chi connectivity index (χ1n) is 6.83. The van der Waals surface area contributed by atoms with Crippen molar-refractivity contribution < 1.29 is 14.9 Å². The fraction of sp³-hybridized carbons (Fsp3) is 0.375. The van der Waals surface area contributed by atoms with Crippen LogP contribution in [0.2, 0.25) is 0 Å². The minimum absolute atomic E-state index is 0.316. The first-order chi connectivity index (χ1) is 9.41. The molecule has 0 atom stereocenters. The number of hydrogen-bond acceptors (Lipinski definition) is 3. The fourth-order valence-corrected chi connectivity index (χ4v) is 2.46. The maximum atomic E-state index is 12.4. The Kier molecular flexibility index (Phi) is 4.16. The molecular weight excluding hydrogens is 252 g/mol. The number of carbonyl (C=O) groups is 2. The molecule has 0 saturated heterocycles. The van der Waals surface area contributed by atoms with Crippen molar-refractivity contribution in [3.05, 3.63) is 41.0 Å². The van der Waals surface area contributed by atoms with Crippen molar-refractivity contribution in [2.24, 2.45) is 0 Å². The van der Waals surface area contributed by atoms with Crippen LogP contribution in [-0.2, 0) is 4.79 Å². The van der Waals surface area contributed by atoms with Gasteiger partial charge in [0.1, 0.15) is 5.70 Å². The molecule has 1 aromatic rings. The second kappa shape index (κ2) is 5.69. The van der Waals surface area contributed by atoms with E-state index in [0.29, 0.717) is 23.7 Å².